The third-order valence-electron chi connectivity index (χ3n) is 4.40. The van der Waals surface area contributed by atoms with E-state index in [1.807, 2.05) is 6.92 Å². The van der Waals surface area contributed by atoms with E-state index in [-0.39, 0.29) is 24.1 Å². The Labute approximate surface area is 150 Å². The molecule has 1 fully saturated rings. The lowest BCUT2D eigenvalue weighted by atomic mass is 10.2. The molecule has 7 heteroatoms. The van der Waals surface area contributed by atoms with Crippen molar-refractivity contribution < 1.29 is 14.0 Å². The van der Waals surface area contributed by atoms with Gasteiger partial charge in [-0.25, -0.2) is 4.39 Å². The maximum absolute atomic E-state index is 12.9. The molecule has 2 amide bonds. The van der Waals surface area contributed by atoms with Gasteiger partial charge < -0.3 is 15.2 Å². The van der Waals surface area contributed by atoms with E-state index in [1.165, 1.54) is 41.1 Å². The van der Waals surface area contributed by atoms with Crippen molar-refractivity contribution in [1.82, 2.24) is 9.88 Å². The second-order valence-corrected chi connectivity index (χ2v) is 6.51. The van der Waals surface area contributed by atoms with E-state index >= 15 is 0 Å². The van der Waals surface area contributed by atoms with Crippen LogP contribution in [0.5, 0.6) is 0 Å². The predicted molar refractivity (Wildman–Crippen MR) is 95.4 cm³/mol. The van der Waals surface area contributed by atoms with E-state index in [4.69, 9.17) is 0 Å². The summed E-state index contributed by atoms with van der Waals surface area (Å²) in [7, 11) is 0. The topological polar surface area (TPSA) is 80.2 Å². The van der Waals surface area contributed by atoms with Gasteiger partial charge in [-0.1, -0.05) is 0 Å². The summed E-state index contributed by atoms with van der Waals surface area (Å²) in [4.78, 5) is 36.9. The summed E-state index contributed by atoms with van der Waals surface area (Å²) in [5.41, 5.74) is -0.261. The van der Waals surface area contributed by atoms with Gasteiger partial charge in [0.2, 0.25) is 5.91 Å². The van der Waals surface area contributed by atoms with E-state index in [9.17, 15) is 18.8 Å². The van der Waals surface area contributed by atoms with Gasteiger partial charge in [0.1, 0.15) is 17.9 Å². The van der Waals surface area contributed by atoms with Gasteiger partial charge in [0, 0.05) is 17.9 Å². The molecule has 1 aromatic heterocycles. The Morgan fingerprint density at radius 3 is 2.58 bits per heavy atom. The van der Waals surface area contributed by atoms with Crippen LogP contribution in [0.2, 0.25) is 0 Å². The van der Waals surface area contributed by atoms with Crippen molar-refractivity contribution in [1.29, 1.82) is 0 Å². The van der Waals surface area contributed by atoms with Gasteiger partial charge >= 0.3 is 0 Å². The van der Waals surface area contributed by atoms with Crippen molar-refractivity contribution in [2.45, 2.75) is 32.4 Å². The summed E-state index contributed by atoms with van der Waals surface area (Å²) in [5.74, 6) is -0.773. The zero-order valence-corrected chi connectivity index (χ0v) is 14.4. The van der Waals surface area contributed by atoms with E-state index in [0.29, 0.717) is 11.6 Å². The van der Waals surface area contributed by atoms with E-state index in [2.05, 4.69) is 10.6 Å². The van der Waals surface area contributed by atoms with Crippen LogP contribution < -0.4 is 16.2 Å². The number of amides is 2. The average molecular weight is 357 g/mol. The fourth-order valence-electron chi connectivity index (χ4n) is 2.73. The zero-order chi connectivity index (χ0) is 18.7. The van der Waals surface area contributed by atoms with E-state index < -0.39 is 17.3 Å². The molecule has 1 aliphatic rings. The third kappa shape index (κ3) is 4.36. The number of anilines is 1. The number of nitrogens with zero attached hydrogens (tertiary/aromatic N) is 1. The minimum Gasteiger partial charge on any atom is -0.352 e. The Morgan fingerprint density at radius 1 is 1.23 bits per heavy atom. The zero-order valence-electron chi connectivity index (χ0n) is 14.4. The Morgan fingerprint density at radius 2 is 1.92 bits per heavy atom. The monoisotopic (exact) mass is 357 g/mol. The molecule has 1 aliphatic carbocycles. The summed E-state index contributed by atoms with van der Waals surface area (Å²) in [6.45, 7) is 1.80. The van der Waals surface area contributed by atoms with Crippen molar-refractivity contribution >= 4 is 17.5 Å². The molecule has 0 unspecified atom stereocenters. The fourth-order valence-corrected chi connectivity index (χ4v) is 2.73. The van der Waals surface area contributed by atoms with Crippen LogP contribution in [0, 0.1) is 11.7 Å². The van der Waals surface area contributed by atoms with Crippen LogP contribution in [-0.4, -0.2) is 22.4 Å². The molecule has 0 saturated heterocycles. The summed E-state index contributed by atoms with van der Waals surface area (Å²) in [6.07, 6.45) is 3.69. The molecule has 1 heterocycles. The van der Waals surface area contributed by atoms with Gasteiger partial charge in [-0.2, -0.15) is 0 Å². The Balaban J connectivity index is 1.69. The van der Waals surface area contributed by atoms with Crippen molar-refractivity contribution in [3.05, 3.63) is 64.3 Å². The first kappa shape index (κ1) is 17.8. The van der Waals surface area contributed by atoms with Gasteiger partial charge in [-0.3, -0.25) is 14.4 Å². The van der Waals surface area contributed by atoms with Gasteiger partial charge in [0.15, 0.2) is 0 Å². The molecule has 136 valence electrons. The Kier molecular flexibility index (Phi) is 5.16. The highest BCUT2D eigenvalue weighted by Gasteiger charge is 2.28. The van der Waals surface area contributed by atoms with Crippen LogP contribution in [0.15, 0.2) is 47.4 Å². The molecule has 2 aromatic rings. The molecule has 1 atom stereocenters. The number of carbonyl (C=O) groups excluding carboxylic acids is 2. The largest absolute Gasteiger partial charge is 0.352 e. The minimum absolute atomic E-state index is 0.0835. The number of aromatic nitrogens is 1. The highest BCUT2D eigenvalue weighted by atomic mass is 19.1. The van der Waals surface area contributed by atoms with Gasteiger partial charge in [-0.15, -0.1) is 0 Å². The van der Waals surface area contributed by atoms with Crippen molar-refractivity contribution in [3.8, 4) is 0 Å². The van der Waals surface area contributed by atoms with Crippen LogP contribution in [-0.2, 0) is 11.3 Å². The molecular formula is C19H20FN3O3. The lowest BCUT2D eigenvalue weighted by Crippen LogP contribution is -2.39. The van der Waals surface area contributed by atoms with Crippen LogP contribution >= 0.6 is 0 Å². The number of hydrogen-bond donors (Lipinski definition) is 2. The number of carbonyl (C=O) groups is 2. The molecule has 1 aromatic carbocycles. The molecule has 6 nitrogen and oxygen atoms in total. The second kappa shape index (κ2) is 7.51. The maximum Gasteiger partial charge on any atom is 0.263 e. The first-order valence-electron chi connectivity index (χ1n) is 8.50. The number of pyridine rings is 1. The molecule has 26 heavy (non-hydrogen) atoms. The first-order chi connectivity index (χ1) is 12.4. The molecule has 0 radical (unpaired) electrons. The lowest BCUT2D eigenvalue weighted by Gasteiger charge is -2.14. The van der Waals surface area contributed by atoms with Crippen molar-refractivity contribution in [2.24, 2.45) is 5.92 Å². The third-order valence-corrected chi connectivity index (χ3v) is 4.40. The fraction of sp³-hybridized carbons (Fsp3) is 0.316. The molecule has 0 bridgehead atoms. The van der Waals surface area contributed by atoms with Crippen LogP contribution in [0.25, 0.3) is 0 Å². The van der Waals surface area contributed by atoms with Crippen LogP contribution in [0.1, 0.15) is 30.1 Å². The lowest BCUT2D eigenvalue weighted by molar-refractivity contribution is -0.122. The minimum atomic E-state index is -0.609. The number of rotatable bonds is 6. The quantitative estimate of drug-likeness (QED) is 0.831. The summed E-state index contributed by atoms with van der Waals surface area (Å²) in [6, 6.07) is 8.25. The smallest absolute Gasteiger partial charge is 0.263 e. The highest BCUT2D eigenvalue weighted by molar-refractivity contribution is 6.04. The van der Waals surface area contributed by atoms with Crippen LogP contribution in [0.3, 0.4) is 0 Å². The van der Waals surface area contributed by atoms with Gasteiger partial charge in [0.25, 0.3) is 11.5 Å². The van der Waals surface area contributed by atoms with Crippen molar-refractivity contribution in [3.63, 3.8) is 0 Å². The van der Waals surface area contributed by atoms with Gasteiger partial charge in [0.05, 0.1) is 0 Å². The second-order valence-electron chi connectivity index (χ2n) is 6.51. The van der Waals surface area contributed by atoms with Crippen molar-refractivity contribution in [2.75, 3.05) is 5.32 Å². The summed E-state index contributed by atoms with van der Waals surface area (Å²) >= 11 is 0. The maximum atomic E-state index is 12.9. The highest BCUT2D eigenvalue weighted by Crippen LogP contribution is 2.32. The predicted octanol–water partition coefficient (Wildman–Crippen LogP) is 2.15. The average Bonchev–Trinajstić information content (AvgIpc) is 3.44. The molecule has 1 saturated carbocycles. The molecule has 0 aliphatic heterocycles. The molecular weight excluding hydrogens is 337 g/mol. The summed E-state index contributed by atoms with van der Waals surface area (Å²) < 4.78 is 14.1. The molecule has 3 rings (SSSR count). The van der Waals surface area contributed by atoms with Crippen LogP contribution in [0.4, 0.5) is 10.1 Å². The normalized spacial score (nSPS) is 14.5. The SMILES string of the molecule is C[C@@H](NC(=O)Cn1cccc(C(=O)Nc2ccc(F)cc2)c1=O)C1CC1. The Hall–Kier alpha value is -2.96. The summed E-state index contributed by atoms with van der Waals surface area (Å²) in [5, 5.41) is 5.42. The number of benzene rings is 1. The number of nitrogens with one attached hydrogen (secondary N) is 2. The van der Waals surface area contributed by atoms with Gasteiger partial charge in [-0.05, 0) is 62.1 Å². The molecule has 0 spiro atoms. The molecule has 2 N–H and O–H groups in total. The van der Waals surface area contributed by atoms with E-state index in [1.54, 1.807) is 6.07 Å². The Bertz CT molecular complexity index is 872. The number of hydrogen-bond acceptors (Lipinski definition) is 3. The van der Waals surface area contributed by atoms with E-state index in [0.717, 1.165) is 12.8 Å². The number of halogens is 1. The standard InChI is InChI=1S/C19H20FN3O3/c1-12(13-4-5-13)21-17(24)11-23-10-2-3-16(19(23)26)18(25)22-15-8-6-14(20)7-9-15/h2-3,6-10,12-13H,4-5,11H2,1H3,(H,21,24)(H,22,25)/t12-/m1/s1. The first-order valence-corrected chi connectivity index (χ1v) is 8.50.